The zero-order valence-corrected chi connectivity index (χ0v) is 16.1. The Morgan fingerprint density at radius 1 is 1.21 bits per heavy atom. The van der Waals surface area contributed by atoms with Crippen LogP contribution in [0, 0.1) is 0 Å². The Kier molecular flexibility index (Phi) is 4.65. The lowest BCUT2D eigenvalue weighted by atomic mass is 10.2. The van der Waals surface area contributed by atoms with E-state index < -0.39 is 22.5 Å². The third-order valence-electron chi connectivity index (χ3n) is 4.25. The van der Waals surface area contributed by atoms with Crippen molar-refractivity contribution in [1.29, 1.82) is 0 Å². The predicted octanol–water partition coefficient (Wildman–Crippen LogP) is 2.76. The Bertz CT molecular complexity index is 1220. The van der Waals surface area contributed by atoms with Crippen LogP contribution < -0.4 is 0 Å². The topological polar surface area (TPSA) is 91.4 Å². The van der Waals surface area contributed by atoms with Crippen LogP contribution in [0.3, 0.4) is 0 Å². The second-order valence-corrected chi connectivity index (χ2v) is 7.76. The number of pyridine rings is 2. The van der Waals surface area contributed by atoms with Crippen LogP contribution in [0.25, 0.3) is 28.5 Å². The van der Waals surface area contributed by atoms with Gasteiger partial charge in [-0.15, -0.1) is 0 Å². The maximum atomic E-state index is 13.0. The number of hydrogen-bond donors (Lipinski definition) is 0. The first-order valence-electron chi connectivity index (χ1n) is 8.44. The fourth-order valence-corrected chi connectivity index (χ4v) is 3.72. The summed E-state index contributed by atoms with van der Waals surface area (Å²) < 4.78 is 54.6. The molecular formula is C17H14F3N7OS. The van der Waals surface area contributed by atoms with Crippen LogP contribution in [0.15, 0.2) is 41.9 Å². The molecule has 4 rings (SSSR count). The third kappa shape index (κ3) is 3.39. The van der Waals surface area contributed by atoms with Crippen LogP contribution in [0.5, 0.6) is 0 Å². The molecule has 0 N–H and O–H groups in total. The van der Waals surface area contributed by atoms with Crippen molar-refractivity contribution < 1.29 is 17.4 Å². The number of nitrogens with zero attached hydrogens (tertiary/aromatic N) is 7. The largest absolute Gasteiger partial charge is 0.417 e. The van der Waals surface area contributed by atoms with E-state index in [1.165, 1.54) is 21.9 Å². The molecule has 0 aromatic carbocycles. The number of halogens is 3. The number of aryl methyl sites for hydroxylation is 1. The molecule has 1 atom stereocenters. The Labute approximate surface area is 164 Å². The highest BCUT2D eigenvalue weighted by molar-refractivity contribution is 7.85. The summed E-state index contributed by atoms with van der Waals surface area (Å²) in [6.45, 7) is 1.76. The predicted molar refractivity (Wildman–Crippen MR) is 98.6 cm³/mol. The second-order valence-electron chi connectivity index (χ2n) is 6.05. The number of aromatic nitrogens is 7. The first-order chi connectivity index (χ1) is 13.8. The fraction of sp³-hybridized carbons (Fsp3) is 0.235. The minimum Gasteiger partial charge on any atom is -0.310 e. The molecular weight excluding hydrogens is 407 g/mol. The van der Waals surface area contributed by atoms with Crippen molar-refractivity contribution in [3.8, 4) is 17.3 Å². The minimum absolute atomic E-state index is 0.0681. The van der Waals surface area contributed by atoms with Crippen molar-refractivity contribution in [2.45, 2.75) is 18.0 Å². The molecule has 4 heterocycles. The zero-order chi connectivity index (χ0) is 20.8. The zero-order valence-electron chi connectivity index (χ0n) is 15.3. The molecule has 0 amide bonds. The summed E-state index contributed by atoms with van der Waals surface area (Å²) in [7, 11) is 0.251. The highest BCUT2D eigenvalue weighted by Crippen LogP contribution is 2.32. The van der Waals surface area contributed by atoms with E-state index in [1.807, 2.05) is 0 Å². The van der Waals surface area contributed by atoms with Gasteiger partial charge in [0.1, 0.15) is 23.9 Å². The van der Waals surface area contributed by atoms with Gasteiger partial charge >= 0.3 is 6.18 Å². The van der Waals surface area contributed by atoms with E-state index >= 15 is 0 Å². The summed E-state index contributed by atoms with van der Waals surface area (Å²) in [5.74, 6) is 1.01. The number of alkyl halides is 3. The molecule has 0 aliphatic rings. The molecule has 0 saturated carbocycles. The van der Waals surface area contributed by atoms with E-state index in [0.29, 0.717) is 16.5 Å². The van der Waals surface area contributed by atoms with Crippen LogP contribution in [-0.2, 0) is 24.0 Å². The molecule has 0 spiro atoms. The highest BCUT2D eigenvalue weighted by Gasteiger charge is 2.32. The maximum Gasteiger partial charge on any atom is 0.417 e. The molecule has 0 bridgehead atoms. The molecule has 12 heteroatoms. The van der Waals surface area contributed by atoms with Crippen LogP contribution >= 0.6 is 0 Å². The smallest absolute Gasteiger partial charge is 0.310 e. The number of fused-ring (bicyclic) bond motifs is 1. The monoisotopic (exact) mass is 421 g/mol. The van der Waals surface area contributed by atoms with E-state index in [-0.39, 0.29) is 22.7 Å². The average Bonchev–Trinajstić information content (AvgIpc) is 3.34. The van der Waals surface area contributed by atoms with Crippen molar-refractivity contribution in [2.24, 2.45) is 7.05 Å². The summed E-state index contributed by atoms with van der Waals surface area (Å²) in [5.41, 5.74) is -0.281. The molecule has 8 nitrogen and oxygen atoms in total. The SMILES string of the molecule is CCS(=O)c1ccc(-n2cncn2)nc1-c1nc2cc(C(F)(F)F)cnc2n1C. The van der Waals surface area contributed by atoms with Crippen molar-refractivity contribution in [3.05, 3.63) is 42.6 Å². The van der Waals surface area contributed by atoms with Crippen LogP contribution in [-0.4, -0.2) is 44.2 Å². The van der Waals surface area contributed by atoms with Crippen LogP contribution in [0.1, 0.15) is 12.5 Å². The Morgan fingerprint density at radius 2 is 2.00 bits per heavy atom. The van der Waals surface area contributed by atoms with Gasteiger partial charge in [-0.1, -0.05) is 6.92 Å². The van der Waals surface area contributed by atoms with Gasteiger partial charge in [0, 0.05) is 19.0 Å². The molecule has 0 radical (unpaired) electrons. The van der Waals surface area contributed by atoms with Gasteiger partial charge in [-0.2, -0.15) is 18.3 Å². The molecule has 4 aromatic rings. The van der Waals surface area contributed by atoms with E-state index in [9.17, 15) is 17.4 Å². The molecule has 1 unspecified atom stereocenters. The first-order valence-corrected chi connectivity index (χ1v) is 9.76. The van der Waals surface area contributed by atoms with E-state index in [1.54, 1.807) is 26.1 Å². The standard InChI is InChI=1S/C17H14F3N7OS/c1-3-29(28)12-4-5-13(27-9-21-8-23-27)25-14(12)16-24-11-6-10(17(18,19)20)7-22-15(11)26(16)2/h4-9H,3H2,1-2H3. The summed E-state index contributed by atoms with van der Waals surface area (Å²) in [6, 6.07) is 4.22. The lowest BCUT2D eigenvalue weighted by molar-refractivity contribution is -0.137. The number of rotatable bonds is 4. The van der Waals surface area contributed by atoms with Gasteiger partial charge in [0.05, 0.1) is 21.3 Å². The van der Waals surface area contributed by atoms with E-state index in [0.717, 1.165) is 12.3 Å². The molecule has 0 aliphatic heterocycles. The van der Waals surface area contributed by atoms with Crippen molar-refractivity contribution in [3.63, 3.8) is 0 Å². The molecule has 0 saturated heterocycles. The first kappa shape index (κ1) is 19.2. The van der Waals surface area contributed by atoms with Crippen molar-refractivity contribution >= 4 is 22.0 Å². The van der Waals surface area contributed by atoms with Crippen LogP contribution in [0.2, 0.25) is 0 Å². The maximum absolute atomic E-state index is 13.0. The minimum atomic E-state index is -4.53. The summed E-state index contributed by atoms with van der Waals surface area (Å²) in [5, 5.41) is 4.02. The summed E-state index contributed by atoms with van der Waals surface area (Å²) in [4.78, 5) is 17.0. The van der Waals surface area contributed by atoms with Gasteiger partial charge in [0.15, 0.2) is 17.3 Å². The molecule has 4 aromatic heterocycles. The highest BCUT2D eigenvalue weighted by atomic mass is 32.2. The molecule has 29 heavy (non-hydrogen) atoms. The third-order valence-corrected chi connectivity index (χ3v) is 5.60. The van der Waals surface area contributed by atoms with Crippen molar-refractivity contribution in [1.82, 2.24) is 34.3 Å². The van der Waals surface area contributed by atoms with Gasteiger partial charge in [-0.05, 0) is 18.2 Å². The molecule has 0 aliphatic carbocycles. The number of hydrogen-bond acceptors (Lipinski definition) is 6. The average molecular weight is 421 g/mol. The van der Waals surface area contributed by atoms with Crippen molar-refractivity contribution in [2.75, 3.05) is 5.75 Å². The molecule has 0 fully saturated rings. The van der Waals surface area contributed by atoms with Gasteiger partial charge < -0.3 is 4.57 Å². The Morgan fingerprint density at radius 3 is 2.66 bits per heavy atom. The van der Waals surface area contributed by atoms with Gasteiger partial charge in [-0.25, -0.2) is 24.6 Å². The molecule has 150 valence electrons. The van der Waals surface area contributed by atoms with E-state index in [4.69, 9.17) is 0 Å². The van der Waals surface area contributed by atoms with Gasteiger partial charge in [-0.3, -0.25) is 4.21 Å². The van der Waals surface area contributed by atoms with Gasteiger partial charge in [0.2, 0.25) is 0 Å². The van der Waals surface area contributed by atoms with Gasteiger partial charge in [0.25, 0.3) is 0 Å². The lowest BCUT2D eigenvalue weighted by Crippen LogP contribution is -2.07. The summed E-state index contributed by atoms with van der Waals surface area (Å²) in [6.07, 6.45) is -0.969. The van der Waals surface area contributed by atoms with Crippen LogP contribution in [0.4, 0.5) is 13.2 Å². The Hall–Kier alpha value is -3.15. The normalized spacial score (nSPS) is 13.1. The lowest BCUT2D eigenvalue weighted by Gasteiger charge is -2.10. The fourth-order valence-electron chi connectivity index (χ4n) is 2.83. The second kappa shape index (κ2) is 7.03. The van der Waals surface area contributed by atoms with E-state index in [2.05, 4.69) is 25.0 Å². The Balaban J connectivity index is 1.94. The summed E-state index contributed by atoms with van der Waals surface area (Å²) >= 11 is 0. The quantitative estimate of drug-likeness (QED) is 0.503. The number of imidazole rings is 1.